The van der Waals surface area contributed by atoms with Crippen LogP contribution in [-0.2, 0) is 10.5 Å². The second-order valence-corrected chi connectivity index (χ2v) is 10.6. The lowest BCUT2D eigenvalue weighted by Crippen LogP contribution is -2.23. The minimum absolute atomic E-state index is 0.136. The van der Waals surface area contributed by atoms with E-state index in [1.54, 1.807) is 13.2 Å². The number of aromatic amines is 1. The molecule has 2 N–H and O–H groups in total. The highest BCUT2D eigenvalue weighted by Gasteiger charge is 2.19. The maximum atomic E-state index is 12.9. The molecule has 0 aliphatic rings. The number of thiophene rings is 1. The van der Waals surface area contributed by atoms with Crippen molar-refractivity contribution in [1.29, 1.82) is 0 Å². The molecule has 174 valence electrons. The lowest BCUT2D eigenvalue weighted by Gasteiger charge is -2.14. The van der Waals surface area contributed by atoms with Crippen LogP contribution in [0.5, 0.6) is 5.75 Å². The molecule has 0 aliphatic carbocycles. The molecule has 0 saturated heterocycles. The van der Waals surface area contributed by atoms with E-state index in [0.29, 0.717) is 34.0 Å². The first-order valence-corrected chi connectivity index (χ1v) is 12.6. The molecule has 2 aromatic carbocycles. The Morgan fingerprint density at radius 1 is 1.24 bits per heavy atom. The van der Waals surface area contributed by atoms with E-state index in [4.69, 9.17) is 9.15 Å². The van der Waals surface area contributed by atoms with Crippen LogP contribution in [0.3, 0.4) is 0 Å². The standard InChI is InChI=1S/C25H23N3O4S2/c1-12-13(2)34-25-22(12)24(30)27-21(28-25)11-33-14(3)23(29)26-17-10-19-16(9-20(17)31-4)15-7-5-6-8-18(15)32-19/h5-10,14H,11H2,1-4H3,(H,26,29)(H,27,28,30)/t14-/m0/s1. The molecule has 3 aromatic heterocycles. The molecule has 1 amide bonds. The Morgan fingerprint density at radius 2 is 2.03 bits per heavy atom. The van der Waals surface area contributed by atoms with E-state index in [-0.39, 0.29) is 16.7 Å². The highest BCUT2D eigenvalue weighted by atomic mass is 32.2. The Kier molecular flexibility index (Phi) is 5.83. The molecule has 0 radical (unpaired) electrons. The third kappa shape index (κ3) is 3.95. The number of rotatable bonds is 6. The molecule has 9 heteroatoms. The Hall–Kier alpha value is -3.30. The quantitative estimate of drug-likeness (QED) is 0.312. The van der Waals surface area contributed by atoms with E-state index >= 15 is 0 Å². The van der Waals surface area contributed by atoms with Gasteiger partial charge in [-0.25, -0.2) is 4.98 Å². The molecule has 1 atom stereocenters. The number of hydrogen-bond donors (Lipinski definition) is 2. The fourth-order valence-electron chi connectivity index (χ4n) is 3.90. The maximum absolute atomic E-state index is 12.9. The van der Waals surface area contributed by atoms with Crippen molar-refractivity contribution in [3.63, 3.8) is 0 Å². The molecule has 0 saturated carbocycles. The normalized spacial score (nSPS) is 12.5. The van der Waals surface area contributed by atoms with Crippen LogP contribution in [0.25, 0.3) is 32.2 Å². The molecule has 7 nitrogen and oxygen atoms in total. The van der Waals surface area contributed by atoms with Gasteiger partial charge in [-0.3, -0.25) is 9.59 Å². The van der Waals surface area contributed by atoms with Crippen LogP contribution < -0.4 is 15.6 Å². The number of carbonyl (C=O) groups is 1. The van der Waals surface area contributed by atoms with E-state index in [1.807, 2.05) is 51.1 Å². The number of aryl methyl sites for hydroxylation is 2. The van der Waals surface area contributed by atoms with Gasteiger partial charge in [0.25, 0.3) is 5.56 Å². The lowest BCUT2D eigenvalue weighted by atomic mass is 10.1. The predicted molar refractivity (Wildman–Crippen MR) is 139 cm³/mol. The number of anilines is 1. The van der Waals surface area contributed by atoms with Gasteiger partial charge in [0.15, 0.2) is 0 Å². The zero-order chi connectivity index (χ0) is 24.0. The summed E-state index contributed by atoms with van der Waals surface area (Å²) in [4.78, 5) is 34.7. The minimum Gasteiger partial charge on any atom is -0.495 e. The summed E-state index contributed by atoms with van der Waals surface area (Å²) in [5.74, 6) is 1.36. The average molecular weight is 494 g/mol. The number of benzene rings is 2. The second-order valence-electron chi connectivity index (χ2n) is 8.07. The third-order valence-electron chi connectivity index (χ3n) is 5.88. The fourth-order valence-corrected chi connectivity index (χ4v) is 5.70. The van der Waals surface area contributed by atoms with Gasteiger partial charge in [0, 0.05) is 21.7 Å². The van der Waals surface area contributed by atoms with Gasteiger partial charge in [0.05, 0.1) is 29.2 Å². The molecular weight excluding hydrogens is 470 g/mol. The van der Waals surface area contributed by atoms with E-state index in [2.05, 4.69) is 15.3 Å². The second kappa shape index (κ2) is 8.81. The number of carbonyl (C=O) groups excluding carboxylic acids is 1. The summed E-state index contributed by atoms with van der Waals surface area (Å²) in [5, 5.41) is 5.13. The Balaban J connectivity index is 1.33. The van der Waals surface area contributed by atoms with E-state index < -0.39 is 0 Å². The van der Waals surface area contributed by atoms with Gasteiger partial charge in [-0.15, -0.1) is 23.1 Å². The summed E-state index contributed by atoms with van der Waals surface area (Å²) < 4.78 is 11.5. The van der Waals surface area contributed by atoms with Gasteiger partial charge in [-0.2, -0.15) is 0 Å². The summed E-state index contributed by atoms with van der Waals surface area (Å²) >= 11 is 2.92. The van der Waals surface area contributed by atoms with Crippen molar-refractivity contribution in [2.75, 3.05) is 12.4 Å². The molecule has 0 fully saturated rings. The van der Waals surface area contributed by atoms with Gasteiger partial charge >= 0.3 is 0 Å². The van der Waals surface area contributed by atoms with Gasteiger partial charge < -0.3 is 19.5 Å². The Bertz CT molecular complexity index is 1620. The van der Waals surface area contributed by atoms with Crippen LogP contribution in [0.2, 0.25) is 0 Å². The number of aromatic nitrogens is 2. The number of para-hydroxylation sites is 1. The highest BCUT2D eigenvalue weighted by Crippen LogP contribution is 2.36. The van der Waals surface area contributed by atoms with Crippen LogP contribution >= 0.6 is 23.1 Å². The lowest BCUT2D eigenvalue weighted by molar-refractivity contribution is -0.115. The monoisotopic (exact) mass is 493 g/mol. The van der Waals surface area contributed by atoms with Crippen LogP contribution in [0, 0.1) is 13.8 Å². The van der Waals surface area contributed by atoms with Crippen molar-refractivity contribution in [2.24, 2.45) is 0 Å². The number of nitrogens with zero attached hydrogens (tertiary/aromatic N) is 1. The van der Waals surface area contributed by atoms with Crippen molar-refractivity contribution in [1.82, 2.24) is 9.97 Å². The van der Waals surface area contributed by atoms with Gasteiger partial charge in [-0.05, 0) is 38.5 Å². The maximum Gasteiger partial charge on any atom is 0.259 e. The van der Waals surface area contributed by atoms with Crippen molar-refractivity contribution < 1.29 is 13.9 Å². The number of H-pyrrole nitrogens is 1. The molecule has 0 aliphatic heterocycles. The van der Waals surface area contributed by atoms with Crippen molar-refractivity contribution in [2.45, 2.75) is 31.8 Å². The van der Waals surface area contributed by atoms with Crippen molar-refractivity contribution >= 4 is 66.8 Å². The fraction of sp³-hybridized carbons (Fsp3) is 0.240. The largest absolute Gasteiger partial charge is 0.495 e. The summed E-state index contributed by atoms with van der Waals surface area (Å²) in [5.41, 5.74) is 2.83. The van der Waals surface area contributed by atoms with Gasteiger partial charge in [0.1, 0.15) is 27.6 Å². The molecule has 3 heterocycles. The molecule has 34 heavy (non-hydrogen) atoms. The summed E-state index contributed by atoms with van der Waals surface area (Å²) in [7, 11) is 1.57. The van der Waals surface area contributed by atoms with Crippen molar-refractivity contribution in [3.8, 4) is 5.75 Å². The highest BCUT2D eigenvalue weighted by molar-refractivity contribution is 7.99. The number of hydrogen-bond acceptors (Lipinski definition) is 7. The number of thioether (sulfide) groups is 1. The average Bonchev–Trinajstić information content (AvgIpc) is 3.32. The zero-order valence-corrected chi connectivity index (χ0v) is 20.8. The van der Waals surface area contributed by atoms with Crippen LogP contribution in [0.15, 0.2) is 45.6 Å². The number of ether oxygens (including phenoxy) is 1. The zero-order valence-electron chi connectivity index (χ0n) is 19.1. The van der Waals surface area contributed by atoms with Crippen LogP contribution in [-0.4, -0.2) is 28.2 Å². The number of fused-ring (bicyclic) bond motifs is 4. The van der Waals surface area contributed by atoms with E-state index in [0.717, 1.165) is 31.6 Å². The Morgan fingerprint density at radius 3 is 2.82 bits per heavy atom. The van der Waals surface area contributed by atoms with Crippen LogP contribution in [0.4, 0.5) is 5.69 Å². The third-order valence-corrected chi connectivity index (χ3v) is 8.14. The molecule has 5 aromatic rings. The molecule has 5 rings (SSSR count). The number of methoxy groups -OCH3 is 1. The van der Waals surface area contributed by atoms with Gasteiger partial charge in [0.2, 0.25) is 5.91 Å². The smallest absolute Gasteiger partial charge is 0.259 e. The minimum atomic E-state index is -0.385. The van der Waals surface area contributed by atoms with Crippen LogP contribution in [0.1, 0.15) is 23.2 Å². The molecule has 0 unspecified atom stereocenters. The number of amides is 1. The SMILES string of the molecule is COc1cc2c(cc1NC(=O)[C@H](C)SCc1nc3sc(C)c(C)c3c(=O)[nH]1)oc1ccccc12. The summed E-state index contributed by atoms with van der Waals surface area (Å²) in [6.45, 7) is 5.74. The van der Waals surface area contributed by atoms with E-state index in [9.17, 15) is 9.59 Å². The topological polar surface area (TPSA) is 97.2 Å². The number of furan rings is 1. The van der Waals surface area contributed by atoms with E-state index in [1.165, 1.54) is 23.1 Å². The predicted octanol–water partition coefficient (Wildman–Crippen LogP) is 5.77. The summed E-state index contributed by atoms with van der Waals surface area (Å²) in [6.07, 6.45) is 0. The molecule has 0 bridgehead atoms. The molecule has 0 spiro atoms. The van der Waals surface area contributed by atoms with Gasteiger partial charge in [-0.1, -0.05) is 18.2 Å². The molecular formula is C25H23N3O4S2. The first kappa shape index (κ1) is 22.5. The first-order valence-electron chi connectivity index (χ1n) is 10.8. The number of nitrogens with one attached hydrogen (secondary N) is 2. The first-order chi connectivity index (χ1) is 16.4. The Labute approximate surface area is 203 Å². The van der Waals surface area contributed by atoms with Crippen molar-refractivity contribution in [3.05, 3.63) is 63.0 Å². The summed E-state index contributed by atoms with van der Waals surface area (Å²) in [6, 6.07) is 11.4.